The second-order valence-electron chi connectivity index (χ2n) is 6.35. The number of para-hydroxylation sites is 1. The second kappa shape index (κ2) is 7.24. The zero-order valence-corrected chi connectivity index (χ0v) is 16.1. The molecule has 27 heavy (non-hydrogen) atoms. The van der Waals surface area contributed by atoms with Crippen molar-refractivity contribution < 1.29 is 13.2 Å². The standard InChI is InChI=1S/C18H18N4O3S2/c23-17(22-11-9-21(10-12-22)14-5-2-1-3-6-14)13-27(24,25)16-8-4-7-15-18(16)20-26-19-15/h1-8H,9-13H2. The first kappa shape index (κ1) is 17.9. The van der Waals surface area contributed by atoms with Crippen LogP contribution in [-0.4, -0.2) is 59.9 Å². The highest BCUT2D eigenvalue weighted by atomic mass is 32.2. The van der Waals surface area contributed by atoms with Crippen LogP contribution in [0.2, 0.25) is 0 Å². The van der Waals surface area contributed by atoms with E-state index in [9.17, 15) is 13.2 Å². The summed E-state index contributed by atoms with van der Waals surface area (Å²) in [7, 11) is -3.77. The van der Waals surface area contributed by atoms with E-state index in [-0.39, 0.29) is 10.8 Å². The normalized spacial score (nSPS) is 15.3. The van der Waals surface area contributed by atoms with Gasteiger partial charge < -0.3 is 9.80 Å². The topological polar surface area (TPSA) is 83.5 Å². The van der Waals surface area contributed by atoms with Gasteiger partial charge in [-0.15, -0.1) is 0 Å². The van der Waals surface area contributed by atoms with Crippen LogP contribution in [0.25, 0.3) is 11.0 Å². The van der Waals surface area contributed by atoms with Crippen LogP contribution in [0.15, 0.2) is 53.4 Å². The molecule has 1 aliphatic rings. The van der Waals surface area contributed by atoms with E-state index in [1.54, 1.807) is 17.0 Å². The van der Waals surface area contributed by atoms with E-state index in [1.807, 2.05) is 30.3 Å². The molecule has 1 fully saturated rings. The Morgan fingerprint density at radius 2 is 1.70 bits per heavy atom. The number of hydrogen-bond donors (Lipinski definition) is 0. The van der Waals surface area contributed by atoms with E-state index >= 15 is 0 Å². The van der Waals surface area contributed by atoms with Crippen molar-refractivity contribution in [2.24, 2.45) is 0 Å². The third-order valence-corrected chi connectivity index (χ3v) is 6.82. The van der Waals surface area contributed by atoms with Crippen molar-refractivity contribution in [1.82, 2.24) is 13.6 Å². The largest absolute Gasteiger partial charge is 0.368 e. The summed E-state index contributed by atoms with van der Waals surface area (Å²) in [4.78, 5) is 16.5. The van der Waals surface area contributed by atoms with Gasteiger partial charge in [-0.2, -0.15) is 8.75 Å². The number of hydrogen-bond acceptors (Lipinski definition) is 7. The van der Waals surface area contributed by atoms with Crippen LogP contribution in [0, 0.1) is 0 Å². The lowest BCUT2D eigenvalue weighted by atomic mass is 10.2. The van der Waals surface area contributed by atoms with Crippen molar-refractivity contribution in [2.75, 3.05) is 36.8 Å². The molecule has 0 aliphatic carbocycles. The molecule has 1 aromatic heterocycles. The fourth-order valence-electron chi connectivity index (χ4n) is 3.22. The smallest absolute Gasteiger partial charge is 0.238 e. The van der Waals surface area contributed by atoms with Gasteiger partial charge in [-0.3, -0.25) is 4.79 Å². The summed E-state index contributed by atoms with van der Waals surface area (Å²) < 4.78 is 33.7. The lowest BCUT2D eigenvalue weighted by Crippen LogP contribution is -2.50. The average molecular weight is 403 g/mol. The number of aromatic nitrogens is 2. The first-order valence-electron chi connectivity index (χ1n) is 8.56. The van der Waals surface area contributed by atoms with Gasteiger partial charge >= 0.3 is 0 Å². The summed E-state index contributed by atoms with van der Waals surface area (Å²) in [5.41, 5.74) is 1.98. The van der Waals surface area contributed by atoms with Gasteiger partial charge in [0.2, 0.25) is 5.91 Å². The molecule has 1 saturated heterocycles. The van der Waals surface area contributed by atoms with Crippen LogP contribution < -0.4 is 4.90 Å². The molecule has 1 amide bonds. The van der Waals surface area contributed by atoms with E-state index in [1.165, 1.54) is 6.07 Å². The molecule has 1 aliphatic heterocycles. The maximum absolute atomic E-state index is 12.8. The quantitative estimate of drug-likeness (QED) is 0.662. The minimum absolute atomic E-state index is 0.0741. The van der Waals surface area contributed by atoms with Crippen LogP contribution >= 0.6 is 11.7 Å². The SMILES string of the molecule is O=C(CS(=O)(=O)c1cccc2nsnc12)N1CCN(c2ccccc2)CC1. The van der Waals surface area contributed by atoms with Gasteiger partial charge in [0.25, 0.3) is 0 Å². The maximum Gasteiger partial charge on any atom is 0.238 e. The van der Waals surface area contributed by atoms with Crippen molar-refractivity contribution >= 4 is 44.2 Å². The number of sulfone groups is 1. The fourth-order valence-corrected chi connectivity index (χ4v) is 5.22. The first-order chi connectivity index (χ1) is 13.0. The Labute approximate surface area is 161 Å². The minimum Gasteiger partial charge on any atom is -0.368 e. The molecule has 3 aromatic rings. The lowest BCUT2D eigenvalue weighted by molar-refractivity contribution is -0.128. The molecule has 0 N–H and O–H groups in total. The van der Waals surface area contributed by atoms with E-state index in [0.29, 0.717) is 37.2 Å². The number of fused-ring (bicyclic) bond motifs is 1. The van der Waals surface area contributed by atoms with Crippen molar-refractivity contribution in [2.45, 2.75) is 4.90 Å². The predicted molar refractivity (Wildman–Crippen MR) is 105 cm³/mol. The monoisotopic (exact) mass is 402 g/mol. The van der Waals surface area contributed by atoms with Gasteiger partial charge in [0.05, 0.1) is 16.6 Å². The summed E-state index contributed by atoms with van der Waals surface area (Å²) in [6.45, 7) is 2.38. The molecular weight excluding hydrogens is 384 g/mol. The molecule has 7 nitrogen and oxygen atoms in total. The van der Waals surface area contributed by atoms with Crippen molar-refractivity contribution in [3.05, 3.63) is 48.5 Å². The Morgan fingerprint density at radius 1 is 0.963 bits per heavy atom. The highest BCUT2D eigenvalue weighted by molar-refractivity contribution is 7.92. The number of rotatable bonds is 4. The maximum atomic E-state index is 12.8. The Hall–Kier alpha value is -2.52. The van der Waals surface area contributed by atoms with E-state index in [4.69, 9.17) is 0 Å². The number of anilines is 1. The molecule has 2 heterocycles. The number of carbonyl (C=O) groups excluding carboxylic acids is 1. The Balaban J connectivity index is 1.44. The number of benzene rings is 2. The van der Waals surface area contributed by atoms with Crippen LogP contribution in [0.3, 0.4) is 0 Å². The Kier molecular flexibility index (Phi) is 4.79. The Bertz CT molecular complexity index is 1060. The van der Waals surface area contributed by atoms with Gasteiger partial charge in [0.1, 0.15) is 16.8 Å². The zero-order chi connectivity index (χ0) is 18.9. The summed E-state index contributed by atoms with van der Waals surface area (Å²) in [6.07, 6.45) is 0. The van der Waals surface area contributed by atoms with E-state index < -0.39 is 15.6 Å². The number of nitrogens with zero attached hydrogens (tertiary/aromatic N) is 4. The number of piperazine rings is 1. The first-order valence-corrected chi connectivity index (χ1v) is 10.9. The van der Waals surface area contributed by atoms with Crippen molar-refractivity contribution in [3.63, 3.8) is 0 Å². The number of carbonyl (C=O) groups is 1. The minimum atomic E-state index is -3.77. The average Bonchev–Trinajstić information content (AvgIpc) is 3.17. The van der Waals surface area contributed by atoms with Gasteiger partial charge in [0.15, 0.2) is 9.84 Å². The van der Waals surface area contributed by atoms with Gasteiger partial charge in [0, 0.05) is 31.9 Å². The van der Waals surface area contributed by atoms with E-state index in [2.05, 4.69) is 13.6 Å². The molecule has 0 saturated carbocycles. The van der Waals surface area contributed by atoms with E-state index in [0.717, 1.165) is 17.4 Å². The highest BCUT2D eigenvalue weighted by Crippen LogP contribution is 2.23. The second-order valence-corrected chi connectivity index (χ2v) is 8.84. The van der Waals surface area contributed by atoms with Gasteiger partial charge in [-0.05, 0) is 24.3 Å². The van der Waals surface area contributed by atoms with Crippen LogP contribution in [-0.2, 0) is 14.6 Å². The molecule has 0 radical (unpaired) electrons. The summed E-state index contributed by atoms with van der Waals surface area (Å²) >= 11 is 0.963. The predicted octanol–water partition coefficient (Wildman–Crippen LogP) is 1.81. The third-order valence-electron chi connectivity index (χ3n) is 4.65. The zero-order valence-electron chi connectivity index (χ0n) is 14.5. The molecule has 2 aromatic carbocycles. The van der Waals surface area contributed by atoms with Gasteiger partial charge in [-0.1, -0.05) is 24.3 Å². The van der Waals surface area contributed by atoms with Crippen molar-refractivity contribution in [1.29, 1.82) is 0 Å². The summed E-state index contributed by atoms with van der Waals surface area (Å²) in [5, 5.41) is 0. The van der Waals surface area contributed by atoms with Crippen LogP contribution in [0.1, 0.15) is 0 Å². The molecule has 9 heteroatoms. The molecule has 0 bridgehead atoms. The third kappa shape index (κ3) is 3.65. The highest BCUT2D eigenvalue weighted by Gasteiger charge is 2.28. The fraction of sp³-hybridized carbons (Fsp3) is 0.278. The van der Waals surface area contributed by atoms with Crippen LogP contribution in [0.5, 0.6) is 0 Å². The molecule has 0 spiro atoms. The molecule has 0 atom stereocenters. The lowest BCUT2D eigenvalue weighted by Gasteiger charge is -2.36. The van der Waals surface area contributed by atoms with Gasteiger partial charge in [-0.25, -0.2) is 8.42 Å². The van der Waals surface area contributed by atoms with Crippen molar-refractivity contribution in [3.8, 4) is 0 Å². The molecule has 4 rings (SSSR count). The van der Waals surface area contributed by atoms with Crippen LogP contribution in [0.4, 0.5) is 5.69 Å². The Morgan fingerprint density at radius 3 is 2.44 bits per heavy atom. The summed E-state index contributed by atoms with van der Waals surface area (Å²) in [5.74, 6) is -0.919. The molecule has 0 unspecified atom stereocenters. The molecular formula is C18H18N4O3S2. The summed E-state index contributed by atoms with van der Waals surface area (Å²) in [6, 6.07) is 14.8. The molecule has 140 valence electrons. The number of amides is 1.